The van der Waals surface area contributed by atoms with Crippen molar-refractivity contribution in [3.05, 3.63) is 35.4 Å². The number of hydrogen-bond acceptors (Lipinski definition) is 3. The van der Waals surface area contributed by atoms with Gasteiger partial charge in [-0.25, -0.2) is 4.79 Å². The third-order valence-corrected chi connectivity index (χ3v) is 15.9. The third-order valence-electron chi connectivity index (χ3n) is 4.74. The molecule has 0 atom stereocenters. The monoisotopic (exact) mass is 365 g/mol. The Labute approximate surface area is 144 Å². The molecule has 6 heteroatoms. The van der Waals surface area contributed by atoms with Crippen molar-refractivity contribution < 1.29 is 9.22 Å². The van der Waals surface area contributed by atoms with Crippen LogP contribution in [0.2, 0.25) is 57.9 Å². The average molecular weight is 366 g/mol. The molecule has 1 saturated heterocycles. The zero-order chi connectivity index (χ0) is 17.5. The average Bonchev–Trinajstić information content (AvgIpc) is 2.60. The van der Waals surface area contributed by atoms with E-state index in [9.17, 15) is 4.79 Å². The Morgan fingerprint density at radius 3 is 1.96 bits per heavy atom. The van der Waals surface area contributed by atoms with E-state index in [1.165, 1.54) is 17.7 Å². The van der Waals surface area contributed by atoms with Crippen molar-refractivity contribution >= 4 is 30.8 Å². The van der Waals surface area contributed by atoms with Gasteiger partial charge in [-0.15, -0.1) is 0 Å². The minimum Gasteiger partial charge on any atom is -0.516 e. The first-order valence-corrected chi connectivity index (χ1v) is 18.2. The lowest BCUT2D eigenvalue weighted by molar-refractivity contribution is 0.0724. The van der Waals surface area contributed by atoms with Crippen molar-refractivity contribution in [2.75, 3.05) is 0 Å². The maximum Gasteiger partial charge on any atom is 0.324 e. The molecule has 0 saturated carbocycles. The van der Waals surface area contributed by atoms with Gasteiger partial charge in [0.2, 0.25) is 8.32 Å². The molecule has 1 heterocycles. The Hall–Kier alpha value is -0.699. The topological polar surface area (TPSA) is 29.5 Å². The van der Waals surface area contributed by atoms with Crippen LogP contribution in [0, 0.1) is 0 Å². The summed E-state index contributed by atoms with van der Waals surface area (Å²) in [4.78, 5) is 12.1. The van der Waals surface area contributed by atoms with E-state index >= 15 is 0 Å². The summed E-state index contributed by atoms with van der Waals surface area (Å²) in [5.41, 5.74) is 1.99. The van der Waals surface area contributed by atoms with Crippen LogP contribution in [0.25, 0.3) is 0 Å². The maximum absolute atomic E-state index is 12.1. The van der Waals surface area contributed by atoms with Gasteiger partial charge < -0.3 is 8.66 Å². The molecule has 0 N–H and O–H groups in total. The number of carbonyl (C=O) groups excluding carboxylic acids is 1. The number of nitrogens with zero attached hydrogens (tertiary/aromatic N) is 1. The number of hydrogen-bond donors (Lipinski definition) is 0. The van der Waals surface area contributed by atoms with Gasteiger partial charge in [0.15, 0.2) is 0 Å². The molecule has 2 rings (SSSR count). The molecule has 0 bridgehead atoms. The first kappa shape index (κ1) is 18.6. The molecule has 1 fully saturated rings. The molecule has 0 spiro atoms. The van der Waals surface area contributed by atoms with Crippen LogP contribution >= 0.6 is 0 Å². The number of benzene rings is 1. The van der Waals surface area contributed by atoms with Crippen LogP contribution < -0.4 is 0 Å². The Balaban J connectivity index is 2.10. The summed E-state index contributed by atoms with van der Waals surface area (Å²) < 4.78 is 8.42. The van der Waals surface area contributed by atoms with E-state index in [2.05, 4.69) is 42.6 Å². The number of carbonyl (C=O) groups is 1. The van der Waals surface area contributed by atoms with Gasteiger partial charge in [0, 0.05) is 6.54 Å². The van der Waals surface area contributed by atoms with E-state index in [0.717, 1.165) is 6.54 Å². The molecule has 0 amide bonds. The van der Waals surface area contributed by atoms with Crippen LogP contribution in [-0.2, 0) is 11.0 Å². The predicted molar refractivity (Wildman–Crippen MR) is 105 cm³/mol. The lowest BCUT2D eigenvalue weighted by Crippen LogP contribution is -2.54. The fraction of sp³-hybridized carbons (Fsp3) is 0.588. The van der Waals surface area contributed by atoms with E-state index in [-0.39, 0.29) is 5.97 Å². The molecular weight excluding hydrogens is 334 g/mol. The minimum atomic E-state index is -1.83. The molecule has 0 aliphatic carbocycles. The van der Waals surface area contributed by atoms with E-state index in [1.807, 2.05) is 31.8 Å². The Morgan fingerprint density at radius 2 is 1.52 bits per heavy atom. The second kappa shape index (κ2) is 6.31. The van der Waals surface area contributed by atoms with E-state index in [1.54, 1.807) is 0 Å². The van der Waals surface area contributed by atoms with Gasteiger partial charge in [0.05, 0.1) is 5.56 Å². The molecule has 1 aromatic carbocycles. The summed E-state index contributed by atoms with van der Waals surface area (Å²) in [6.45, 7) is 17.1. The highest BCUT2D eigenvalue weighted by Crippen LogP contribution is 2.37. The van der Waals surface area contributed by atoms with Crippen molar-refractivity contribution in [2.45, 2.75) is 64.5 Å². The normalized spacial score (nSPS) is 20.5. The molecule has 1 aliphatic heterocycles. The quantitative estimate of drug-likeness (QED) is 0.710. The molecule has 128 valence electrons. The fourth-order valence-corrected chi connectivity index (χ4v) is 18.0. The van der Waals surface area contributed by atoms with Crippen LogP contribution in [-0.4, -0.2) is 35.0 Å². The lowest BCUT2D eigenvalue weighted by atomic mass is 10.1. The van der Waals surface area contributed by atoms with Crippen LogP contribution in [0.4, 0.5) is 0 Å². The lowest BCUT2D eigenvalue weighted by Gasteiger charge is -2.39. The van der Waals surface area contributed by atoms with Gasteiger partial charge in [-0.1, -0.05) is 38.3 Å². The van der Waals surface area contributed by atoms with Crippen LogP contribution in [0.3, 0.4) is 0 Å². The second-order valence-electron chi connectivity index (χ2n) is 8.91. The highest BCUT2D eigenvalue weighted by atomic mass is 28.4. The van der Waals surface area contributed by atoms with Gasteiger partial charge in [-0.2, -0.15) is 0 Å². The molecule has 23 heavy (non-hydrogen) atoms. The van der Waals surface area contributed by atoms with E-state index < -0.39 is 24.8 Å². The summed E-state index contributed by atoms with van der Waals surface area (Å²) in [6, 6.07) is 10.9. The highest BCUT2D eigenvalue weighted by molar-refractivity contribution is 6.95. The van der Waals surface area contributed by atoms with Gasteiger partial charge in [0.25, 0.3) is 0 Å². The summed E-state index contributed by atoms with van der Waals surface area (Å²) in [7, 11) is -4.32. The Bertz CT molecular complexity index is 560. The van der Waals surface area contributed by atoms with Gasteiger partial charge >= 0.3 is 5.97 Å². The Morgan fingerprint density at radius 1 is 1.04 bits per heavy atom. The summed E-state index contributed by atoms with van der Waals surface area (Å²) in [5, 5.41) is 0. The largest absolute Gasteiger partial charge is 0.516 e. The van der Waals surface area contributed by atoms with Gasteiger partial charge in [0.1, 0.15) is 16.5 Å². The van der Waals surface area contributed by atoms with Gasteiger partial charge in [-0.05, 0) is 49.4 Å². The molecule has 3 nitrogen and oxygen atoms in total. The molecule has 0 unspecified atom stereocenters. The highest BCUT2D eigenvalue weighted by Gasteiger charge is 2.46. The molecular formula is C17H31NO2Si3. The minimum absolute atomic E-state index is 0.179. The SMILES string of the molecule is C[Si](C)(C)OC(=O)c1ccc(CN2[Si](C)(C)CC[Si]2(C)C)cc1. The van der Waals surface area contributed by atoms with Gasteiger partial charge in [-0.3, -0.25) is 0 Å². The van der Waals surface area contributed by atoms with Crippen molar-refractivity contribution in [1.29, 1.82) is 0 Å². The molecule has 1 aliphatic rings. The van der Waals surface area contributed by atoms with E-state index in [0.29, 0.717) is 5.56 Å². The molecule has 0 radical (unpaired) electrons. The maximum atomic E-state index is 12.1. The zero-order valence-electron chi connectivity index (χ0n) is 15.7. The first-order valence-electron chi connectivity index (χ1n) is 8.51. The Kier molecular flexibility index (Phi) is 5.11. The number of rotatable bonds is 4. The van der Waals surface area contributed by atoms with Crippen molar-refractivity contribution in [2.24, 2.45) is 0 Å². The van der Waals surface area contributed by atoms with Crippen molar-refractivity contribution in [1.82, 2.24) is 4.23 Å². The fourth-order valence-electron chi connectivity index (χ4n) is 3.39. The van der Waals surface area contributed by atoms with Crippen molar-refractivity contribution in [3.63, 3.8) is 0 Å². The summed E-state index contributed by atoms with van der Waals surface area (Å²) in [6.07, 6.45) is 0. The summed E-state index contributed by atoms with van der Waals surface area (Å²) in [5.74, 6) is -0.179. The van der Waals surface area contributed by atoms with Crippen molar-refractivity contribution in [3.8, 4) is 0 Å². The van der Waals surface area contributed by atoms with E-state index in [4.69, 9.17) is 4.43 Å². The zero-order valence-corrected chi connectivity index (χ0v) is 18.7. The molecule has 1 aromatic rings. The van der Waals surface area contributed by atoms with Crippen LogP contribution in [0.1, 0.15) is 15.9 Å². The smallest absolute Gasteiger partial charge is 0.324 e. The van der Waals surface area contributed by atoms with Crippen LogP contribution in [0.5, 0.6) is 0 Å². The third kappa shape index (κ3) is 4.65. The van der Waals surface area contributed by atoms with Crippen LogP contribution in [0.15, 0.2) is 24.3 Å². The standard InChI is InChI=1S/C17H31NO2Si3/c1-21(2,3)20-17(19)16-10-8-15(9-11-16)14-18-22(4,5)12-13-23(18,6)7/h8-11H,12-14H2,1-7H3. The first-order chi connectivity index (χ1) is 10.4. The second-order valence-corrected chi connectivity index (χ2v) is 23.1. The predicted octanol–water partition coefficient (Wildman–Crippen LogP) is 4.90. The summed E-state index contributed by atoms with van der Waals surface area (Å²) >= 11 is 0. The molecule has 0 aromatic heterocycles.